The standard InChI is InChI=1S/C11H14N2O2S2/c1-7(2)17(14,15)13-11-9(6-12)8-4-3-5-10(8)16-11/h7,13H,3-5H2,1-2H3. The summed E-state index contributed by atoms with van der Waals surface area (Å²) in [6.45, 7) is 3.24. The monoisotopic (exact) mass is 270 g/mol. The Morgan fingerprint density at radius 2 is 2.12 bits per heavy atom. The number of thiophene rings is 1. The van der Waals surface area contributed by atoms with Gasteiger partial charge in [-0.25, -0.2) is 8.42 Å². The molecule has 0 spiro atoms. The molecule has 0 bridgehead atoms. The molecule has 2 rings (SSSR count). The van der Waals surface area contributed by atoms with E-state index in [0.29, 0.717) is 10.6 Å². The Bertz CT molecular complexity index is 579. The quantitative estimate of drug-likeness (QED) is 0.915. The summed E-state index contributed by atoms with van der Waals surface area (Å²) in [6, 6.07) is 2.12. The lowest BCUT2D eigenvalue weighted by Gasteiger charge is -2.09. The van der Waals surface area contributed by atoms with Gasteiger partial charge in [0.2, 0.25) is 10.0 Å². The number of anilines is 1. The predicted molar refractivity (Wildman–Crippen MR) is 68.7 cm³/mol. The number of nitriles is 1. The molecule has 17 heavy (non-hydrogen) atoms. The van der Waals surface area contributed by atoms with Crippen LogP contribution in [0.1, 0.15) is 36.3 Å². The predicted octanol–water partition coefficient (Wildman–Crippen LogP) is 2.26. The van der Waals surface area contributed by atoms with Gasteiger partial charge in [0.1, 0.15) is 11.1 Å². The van der Waals surface area contributed by atoms with Crippen molar-refractivity contribution < 1.29 is 8.42 Å². The van der Waals surface area contributed by atoms with E-state index in [1.165, 1.54) is 11.3 Å². The summed E-state index contributed by atoms with van der Waals surface area (Å²) in [6.07, 6.45) is 2.91. The van der Waals surface area contributed by atoms with Gasteiger partial charge in [0.25, 0.3) is 0 Å². The van der Waals surface area contributed by atoms with Crippen LogP contribution in [0.2, 0.25) is 0 Å². The lowest BCUT2D eigenvalue weighted by Crippen LogP contribution is -2.22. The molecule has 1 aromatic rings. The third-order valence-corrected chi connectivity index (χ3v) is 5.95. The molecule has 4 nitrogen and oxygen atoms in total. The normalized spacial score (nSPS) is 14.7. The molecule has 0 aromatic carbocycles. The molecule has 1 heterocycles. The highest BCUT2D eigenvalue weighted by Crippen LogP contribution is 2.39. The van der Waals surface area contributed by atoms with Crippen molar-refractivity contribution in [3.8, 4) is 6.07 Å². The van der Waals surface area contributed by atoms with Crippen molar-refractivity contribution in [2.45, 2.75) is 38.4 Å². The van der Waals surface area contributed by atoms with E-state index in [1.807, 2.05) is 0 Å². The van der Waals surface area contributed by atoms with Gasteiger partial charge < -0.3 is 0 Å². The van der Waals surface area contributed by atoms with Crippen LogP contribution in [0.3, 0.4) is 0 Å². The first kappa shape index (κ1) is 12.4. The Balaban J connectivity index is 2.39. The lowest BCUT2D eigenvalue weighted by atomic mass is 10.1. The zero-order chi connectivity index (χ0) is 12.6. The van der Waals surface area contributed by atoms with Crippen molar-refractivity contribution in [1.82, 2.24) is 0 Å². The van der Waals surface area contributed by atoms with E-state index in [2.05, 4.69) is 10.8 Å². The molecular formula is C11H14N2O2S2. The van der Waals surface area contributed by atoms with Crippen molar-refractivity contribution in [2.75, 3.05) is 4.72 Å². The number of nitrogens with zero attached hydrogens (tertiary/aromatic N) is 1. The fraction of sp³-hybridized carbons (Fsp3) is 0.545. The van der Waals surface area contributed by atoms with Crippen LogP contribution in [-0.2, 0) is 22.9 Å². The first-order chi connectivity index (χ1) is 7.95. The second-order valence-corrected chi connectivity index (χ2v) is 7.71. The summed E-state index contributed by atoms with van der Waals surface area (Å²) in [5.41, 5.74) is 1.56. The molecule has 0 amide bonds. The van der Waals surface area contributed by atoms with Gasteiger partial charge >= 0.3 is 0 Å². The van der Waals surface area contributed by atoms with Crippen LogP contribution in [-0.4, -0.2) is 13.7 Å². The molecule has 0 unspecified atom stereocenters. The number of nitrogens with one attached hydrogen (secondary N) is 1. The van der Waals surface area contributed by atoms with Crippen LogP contribution in [0.25, 0.3) is 0 Å². The zero-order valence-electron chi connectivity index (χ0n) is 9.78. The number of sulfonamides is 1. The summed E-state index contributed by atoms with van der Waals surface area (Å²) < 4.78 is 26.1. The number of hydrogen-bond donors (Lipinski definition) is 1. The summed E-state index contributed by atoms with van der Waals surface area (Å²) in [7, 11) is -3.36. The average molecular weight is 270 g/mol. The maximum atomic E-state index is 11.8. The molecule has 6 heteroatoms. The molecule has 1 aliphatic rings. The van der Waals surface area contributed by atoms with Crippen LogP contribution in [0.15, 0.2) is 0 Å². The smallest absolute Gasteiger partial charge is 0.235 e. The maximum Gasteiger partial charge on any atom is 0.235 e. The van der Waals surface area contributed by atoms with Gasteiger partial charge in [-0.2, -0.15) is 5.26 Å². The Hall–Kier alpha value is -1.06. The van der Waals surface area contributed by atoms with Gasteiger partial charge in [-0.1, -0.05) is 0 Å². The minimum atomic E-state index is -3.36. The Labute approximate surface area is 105 Å². The molecule has 1 aliphatic carbocycles. The molecule has 0 saturated heterocycles. The van der Waals surface area contributed by atoms with Crippen molar-refractivity contribution >= 4 is 26.4 Å². The van der Waals surface area contributed by atoms with Crippen LogP contribution < -0.4 is 4.72 Å². The van der Waals surface area contributed by atoms with E-state index in [4.69, 9.17) is 5.26 Å². The van der Waals surface area contributed by atoms with Crippen molar-refractivity contribution in [3.63, 3.8) is 0 Å². The second-order valence-electron chi connectivity index (χ2n) is 4.37. The largest absolute Gasteiger partial charge is 0.273 e. The summed E-state index contributed by atoms with van der Waals surface area (Å²) in [5, 5.41) is 9.13. The summed E-state index contributed by atoms with van der Waals surface area (Å²) in [4.78, 5) is 1.16. The molecule has 0 atom stereocenters. The van der Waals surface area contributed by atoms with Crippen LogP contribution in [0, 0.1) is 11.3 Å². The number of hydrogen-bond acceptors (Lipinski definition) is 4. The lowest BCUT2D eigenvalue weighted by molar-refractivity contribution is 0.593. The highest BCUT2D eigenvalue weighted by molar-refractivity contribution is 7.93. The topological polar surface area (TPSA) is 70.0 Å². The van der Waals surface area contributed by atoms with Gasteiger partial charge in [-0.3, -0.25) is 4.72 Å². The molecule has 92 valence electrons. The summed E-state index contributed by atoms with van der Waals surface area (Å²) in [5.74, 6) is 0. The first-order valence-electron chi connectivity index (χ1n) is 5.52. The third-order valence-electron chi connectivity index (χ3n) is 2.89. The van der Waals surface area contributed by atoms with Crippen LogP contribution in [0.5, 0.6) is 0 Å². The number of aryl methyl sites for hydroxylation is 1. The fourth-order valence-corrected chi connectivity index (χ4v) is 4.04. The molecule has 0 radical (unpaired) electrons. The Kier molecular flexibility index (Phi) is 3.15. The molecule has 1 N–H and O–H groups in total. The molecular weight excluding hydrogens is 256 g/mol. The van der Waals surface area contributed by atoms with E-state index in [9.17, 15) is 8.42 Å². The van der Waals surface area contributed by atoms with E-state index in [0.717, 1.165) is 29.7 Å². The fourth-order valence-electron chi connectivity index (χ4n) is 1.84. The minimum absolute atomic E-state index is 0.492. The third kappa shape index (κ3) is 2.17. The summed E-state index contributed by atoms with van der Waals surface area (Å²) >= 11 is 1.40. The van der Waals surface area contributed by atoms with Crippen LogP contribution >= 0.6 is 11.3 Å². The first-order valence-corrected chi connectivity index (χ1v) is 7.88. The number of rotatable bonds is 3. The number of fused-ring (bicyclic) bond motifs is 1. The second kappa shape index (κ2) is 4.31. The van der Waals surface area contributed by atoms with Crippen molar-refractivity contribution in [3.05, 3.63) is 16.0 Å². The molecule has 0 saturated carbocycles. The van der Waals surface area contributed by atoms with Gasteiger partial charge in [0.05, 0.1) is 10.8 Å². The average Bonchev–Trinajstić information content (AvgIpc) is 2.76. The van der Waals surface area contributed by atoms with Crippen molar-refractivity contribution in [1.29, 1.82) is 5.26 Å². The maximum absolute atomic E-state index is 11.8. The minimum Gasteiger partial charge on any atom is -0.273 e. The zero-order valence-corrected chi connectivity index (χ0v) is 11.4. The Morgan fingerprint density at radius 1 is 1.41 bits per heavy atom. The molecule has 0 fully saturated rings. The van der Waals surface area contributed by atoms with Crippen molar-refractivity contribution in [2.24, 2.45) is 0 Å². The SMILES string of the molecule is CC(C)S(=O)(=O)Nc1sc2c(c1C#N)CCC2. The van der Waals surface area contributed by atoms with E-state index >= 15 is 0 Å². The highest BCUT2D eigenvalue weighted by atomic mass is 32.2. The van der Waals surface area contributed by atoms with Crippen LogP contribution in [0.4, 0.5) is 5.00 Å². The van der Waals surface area contributed by atoms with Gasteiger partial charge in [-0.05, 0) is 38.7 Å². The van der Waals surface area contributed by atoms with Gasteiger partial charge in [0, 0.05) is 4.88 Å². The van der Waals surface area contributed by atoms with Gasteiger partial charge in [-0.15, -0.1) is 11.3 Å². The Morgan fingerprint density at radius 3 is 2.71 bits per heavy atom. The molecule has 0 aliphatic heterocycles. The molecule has 1 aromatic heterocycles. The van der Waals surface area contributed by atoms with E-state index in [-0.39, 0.29) is 0 Å². The van der Waals surface area contributed by atoms with E-state index < -0.39 is 15.3 Å². The van der Waals surface area contributed by atoms with E-state index in [1.54, 1.807) is 13.8 Å². The highest BCUT2D eigenvalue weighted by Gasteiger charge is 2.25. The van der Waals surface area contributed by atoms with Gasteiger partial charge in [0.15, 0.2) is 0 Å².